The Kier molecular flexibility index (Phi) is 9.08. The highest BCUT2D eigenvalue weighted by atomic mass is 35.5. The normalized spacial score (nSPS) is 17.5. The van der Waals surface area contributed by atoms with Gasteiger partial charge in [0.25, 0.3) is 11.8 Å². The van der Waals surface area contributed by atoms with Gasteiger partial charge in [0.2, 0.25) is 0 Å². The molecule has 1 aromatic heterocycles. The van der Waals surface area contributed by atoms with E-state index in [1.54, 1.807) is 35.2 Å². The van der Waals surface area contributed by atoms with Crippen LogP contribution in [0.3, 0.4) is 0 Å². The van der Waals surface area contributed by atoms with Crippen LogP contribution in [0, 0.1) is 0 Å². The van der Waals surface area contributed by atoms with Crippen molar-refractivity contribution in [1.29, 1.82) is 0 Å². The number of nitrogens with one attached hydrogen (secondary N) is 2. The SMILES string of the molecule is C=CCOC(=O)N1CC(S)CC1CNC(=O)c1ccc(C(=O)NCc2ccc(Cl)c(Cl)c2)s1. The Balaban J connectivity index is 1.52. The molecule has 0 radical (unpaired) electrons. The van der Waals surface area contributed by atoms with Crippen LogP contribution in [0.5, 0.6) is 0 Å². The van der Waals surface area contributed by atoms with Crippen molar-refractivity contribution in [3.63, 3.8) is 0 Å². The maximum absolute atomic E-state index is 12.6. The van der Waals surface area contributed by atoms with Gasteiger partial charge in [0.15, 0.2) is 0 Å². The van der Waals surface area contributed by atoms with Crippen LogP contribution in [-0.2, 0) is 11.3 Å². The molecular weight excluding hydrogens is 505 g/mol. The molecule has 7 nitrogen and oxygen atoms in total. The summed E-state index contributed by atoms with van der Waals surface area (Å²) < 4.78 is 5.11. The van der Waals surface area contributed by atoms with Gasteiger partial charge in [-0.05, 0) is 36.2 Å². The fraction of sp³-hybridized carbons (Fsp3) is 0.318. The minimum atomic E-state index is -0.456. The average Bonchev–Trinajstić information content (AvgIpc) is 3.43. The molecule has 1 aromatic carbocycles. The first-order chi connectivity index (χ1) is 15.8. The highest BCUT2D eigenvalue weighted by molar-refractivity contribution is 7.81. The molecule has 2 heterocycles. The van der Waals surface area contributed by atoms with Crippen LogP contribution in [-0.4, -0.2) is 53.8 Å². The Bertz CT molecular complexity index is 1050. The number of carbonyl (C=O) groups is 3. The third kappa shape index (κ3) is 6.89. The number of hydrogen-bond donors (Lipinski definition) is 3. The van der Waals surface area contributed by atoms with Crippen molar-refractivity contribution in [2.75, 3.05) is 19.7 Å². The highest BCUT2D eigenvalue weighted by Gasteiger charge is 2.34. The van der Waals surface area contributed by atoms with Gasteiger partial charge in [0, 0.05) is 24.9 Å². The van der Waals surface area contributed by atoms with Crippen molar-refractivity contribution in [2.45, 2.75) is 24.3 Å². The van der Waals surface area contributed by atoms with Crippen LogP contribution in [0.15, 0.2) is 43.0 Å². The number of carbonyl (C=O) groups excluding carboxylic acids is 3. The second kappa shape index (κ2) is 11.8. The first kappa shape index (κ1) is 25.4. The lowest BCUT2D eigenvalue weighted by Gasteiger charge is -2.23. The van der Waals surface area contributed by atoms with E-state index >= 15 is 0 Å². The predicted molar refractivity (Wildman–Crippen MR) is 134 cm³/mol. The van der Waals surface area contributed by atoms with Crippen LogP contribution in [0.2, 0.25) is 10.0 Å². The molecule has 2 unspecified atom stereocenters. The average molecular weight is 528 g/mol. The van der Waals surface area contributed by atoms with E-state index in [1.807, 2.05) is 0 Å². The number of ether oxygens (including phenoxy) is 1. The minimum absolute atomic E-state index is 0.00995. The quantitative estimate of drug-likeness (QED) is 0.350. The van der Waals surface area contributed by atoms with Gasteiger partial charge in [0.05, 0.1) is 25.8 Å². The van der Waals surface area contributed by atoms with E-state index in [1.165, 1.54) is 6.08 Å². The Morgan fingerprint density at radius 1 is 1.15 bits per heavy atom. The van der Waals surface area contributed by atoms with E-state index in [0.29, 0.717) is 32.8 Å². The maximum atomic E-state index is 12.6. The van der Waals surface area contributed by atoms with Gasteiger partial charge in [-0.15, -0.1) is 11.3 Å². The van der Waals surface area contributed by atoms with E-state index in [9.17, 15) is 14.4 Å². The maximum Gasteiger partial charge on any atom is 0.410 e. The number of hydrogen-bond acceptors (Lipinski definition) is 6. The van der Waals surface area contributed by atoms with Gasteiger partial charge < -0.3 is 20.3 Å². The molecular formula is C22H23Cl2N3O4S2. The number of likely N-dealkylation sites (tertiary alicyclic amines) is 1. The van der Waals surface area contributed by atoms with Crippen molar-refractivity contribution in [2.24, 2.45) is 0 Å². The second-order valence-corrected chi connectivity index (χ2v) is 9.99. The topological polar surface area (TPSA) is 87.7 Å². The summed E-state index contributed by atoms with van der Waals surface area (Å²) in [4.78, 5) is 39.6. The van der Waals surface area contributed by atoms with Gasteiger partial charge >= 0.3 is 6.09 Å². The summed E-state index contributed by atoms with van der Waals surface area (Å²) in [7, 11) is 0. The van der Waals surface area contributed by atoms with Crippen molar-refractivity contribution in [1.82, 2.24) is 15.5 Å². The van der Waals surface area contributed by atoms with Crippen LogP contribution >= 0.6 is 47.2 Å². The van der Waals surface area contributed by atoms with Crippen LogP contribution in [0.25, 0.3) is 0 Å². The Morgan fingerprint density at radius 3 is 2.52 bits per heavy atom. The van der Waals surface area contributed by atoms with Gasteiger partial charge in [0.1, 0.15) is 6.61 Å². The fourth-order valence-electron chi connectivity index (χ4n) is 3.32. The Morgan fingerprint density at radius 2 is 1.85 bits per heavy atom. The summed E-state index contributed by atoms with van der Waals surface area (Å²) in [6, 6.07) is 8.10. The molecule has 0 saturated carbocycles. The van der Waals surface area contributed by atoms with E-state index in [4.69, 9.17) is 27.9 Å². The number of rotatable bonds is 8. The van der Waals surface area contributed by atoms with E-state index in [0.717, 1.165) is 16.9 Å². The van der Waals surface area contributed by atoms with E-state index < -0.39 is 6.09 Å². The van der Waals surface area contributed by atoms with Crippen LogP contribution in [0.1, 0.15) is 31.3 Å². The van der Waals surface area contributed by atoms with E-state index in [-0.39, 0.29) is 42.8 Å². The molecule has 176 valence electrons. The molecule has 0 bridgehead atoms. The zero-order valence-electron chi connectivity index (χ0n) is 17.6. The molecule has 1 aliphatic heterocycles. The van der Waals surface area contributed by atoms with Crippen LogP contribution < -0.4 is 10.6 Å². The minimum Gasteiger partial charge on any atom is -0.445 e. The molecule has 2 N–H and O–H groups in total. The molecule has 3 amide bonds. The molecule has 1 saturated heterocycles. The Hall–Kier alpha value is -2.20. The number of benzene rings is 1. The number of amides is 3. The second-order valence-electron chi connectivity index (χ2n) is 7.37. The largest absolute Gasteiger partial charge is 0.445 e. The molecule has 1 aliphatic rings. The number of nitrogens with zero attached hydrogens (tertiary/aromatic N) is 1. The molecule has 11 heteroatoms. The number of thiophene rings is 1. The summed E-state index contributed by atoms with van der Waals surface area (Å²) in [6.07, 6.45) is 1.68. The number of thiol groups is 1. The van der Waals surface area contributed by atoms with E-state index in [2.05, 4.69) is 29.8 Å². The first-order valence-electron chi connectivity index (χ1n) is 10.1. The number of halogens is 2. The third-order valence-corrected chi connectivity index (χ3v) is 7.14. The molecule has 1 fully saturated rings. The fourth-order valence-corrected chi connectivity index (χ4v) is 4.90. The van der Waals surface area contributed by atoms with Crippen molar-refractivity contribution < 1.29 is 19.1 Å². The smallest absolute Gasteiger partial charge is 0.410 e. The molecule has 2 atom stereocenters. The highest BCUT2D eigenvalue weighted by Crippen LogP contribution is 2.24. The summed E-state index contributed by atoms with van der Waals surface area (Å²) in [6.45, 7) is 4.63. The summed E-state index contributed by atoms with van der Waals surface area (Å²) >= 11 is 17.4. The van der Waals surface area contributed by atoms with Gasteiger partial charge in [-0.2, -0.15) is 12.6 Å². The third-order valence-electron chi connectivity index (χ3n) is 4.94. The zero-order valence-corrected chi connectivity index (χ0v) is 20.8. The molecule has 2 aromatic rings. The Labute approximate surface area is 211 Å². The standard InChI is InChI=1S/C22H23Cl2N3O4S2/c1-2-7-31-22(30)27-12-15(32)9-14(27)11-26-21(29)19-6-5-18(33-19)20(28)25-10-13-3-4-16(23)17(24)8-13/h2-6,8,14-15,32H,1,7,9-12H2,(H,25,28)(H,26,29). The molecule has 33 heavy (non-hydrogen) atoms. The molecule has 0 spiro atoms. The molecule has 3 rings (SSSR count). The predicted octanol–water partition coefficient (Wildman–Crippen LogP) is 4.41. The van der Waals surface area contributed by atoms with Gasteiger partial charge in [-0.25, -0.2) is 4.79 Å². The molecule has 0 aliphatic carbocycles. The summed E-state index contributed by atoms with van der Waals surface area (Å²) in [5.41, 5.74) is 0.808. The lowest BCUT2D eigenvalue weighted by atomic mass is 10.2. The summed E-state index contributed by atoms with van der Waals surface area (Å²) in [5, 5.41) is 6.50. The monoisotopic (exact) mass is 527 g/mol. The first-order valence-corrected chi connectivity index (χ1v) is 12.2. The van der Waals surface area contributed by atoms with Crippen molar-refractivity contribution in [3.8, 4) is 0 Å². The van der Waals surface area contributed by atoms with Gasteiger partial charge in [-0.3, -0.25) is 9.59 Å². The van der Waals surface area contributed by atoms with Crippen molar-refractivity contribution in [3.05, 3.63) is 68.3 Å². The van der Waals surface area contributed by atoms with Gasteiger partial charge in [-0.1, -0.05) is 41.9 Å². The van der Waals surface area contributed by atoms with Crippen molar-refractivity contribution >= 4 is 65.1 Å². The summed E-state index contributed by atoms with van der Waals surface area (Å²) in [5.74, 6) is -0.611. The zero-order chi connectivity index (χ0) is 24.0. The lowest BCUT2D eigenvalue weighted by Crippen LogP contribution is -2.43. The lowest BCUT2D eigenvalue weighted by molar-refractivity contribution is 0.0915. The van der Waals surface area contributed by atoms with Crippen LogP contribution in [0.4, 0.5) is 4.79 Å².